The number of likely N-dealkylation sites (tertiary alicyclic amines) is 1. The first-order chi connectivity index (χ1) is 6.71. The molecule has 1 amide bonds. The number of carbonyl (C=O) groups is 1. The highest BCUT2D eigenvalue weighted by Crippen LogP contribution is 2.50. The SMILES string of the molecule is CC(C)(C)N1CC2(O)OCCC2(C)C1=O. The highest BCUT2D eigenvalue weighted by atomic mass is 16.6. The Hall–Kier alpha value is -0.610. The Morgan fingerprint density at radius 1 is 1.47 bits per heavy atom. The van der Waals surface area contributed by atoms with E-state index in [9.17, 15) is 9.90 Å². The van der Waals surface area contributed by atoms with Crippen molar-refractivity contribution in [2.45, 2.75) is 45.4 Å². The molecule has 2 aliphatic rings. The average Bonchev–Trinajstić information content (AvgIpc) is 2.46. The first-order valence-corrected chi connectivity index (χ1v) is 5.39. The maximum atomic E-state index is 12.2. The molecule has 0 aromatic heterocycles. The van der Waals surface area contributed by atoms with Crippen LogP contribution in [0.5, 0.6) is 0 Å². The Labute approximate surface area is 90.2 Å². The van der Waals surface area contributed by atoms with Gasteiger partial charge in [0.1, 0.15) is 5.41 Å². The number of aliphatic hydroxyl groups is 1. The Morgan fingerprint density at radius 3 is 2.53 bits per heavy atom. The fourth-order valence-corrected chi connectivity index (χ4v) is 2.40. The maximum absolute atomic E-state index is 12.2. The van der Waals surface area contributed by atoms with Crippen molar-refractivity contribution in [1.82, 2.24) is 4.90 Å². The van der Waals surface area contributed by atoms with E-state index in [0.29, 0.717) is 13.0 Å². The van der Waals surface area contributed by atoms with E-state index >= 15 is 0 Å². The van der Waals surface area contributed by atoms with Crippen molar-refractivity contribution in [3.63, 3.8) is 0 Å². The van der Waals surface area contributed by atoms with Gasteiger partial charge < -0.3 is 14.7 Å². The van der Waals surface area contributed by atoms with Gasteiger partial charge in [0, 0.05) is 5.54 Å². The molecule has 0 saturated carbocycles. The maximum Gasteiger partial charge on any atom is 0.234 e. The van der Waals surface area contributed by atoms with Crippen LogP contribution in [0.1, 0.15) is 34.1 Å². The first-order valence-electron chi connectivity index (χ1n) is 5.39. The summed E-state index contributed by atoms with van der Waals surface area (Å²) in [5.41, 5.74) is -1.01. The van der Waals surface area contributed by atoms with Crippen LogP contribution in [0.25, 0.3) is 0 Å². The van der Waals surface area contributed by atoms with Crippen molar-refractivity contribution < 1.29 is 14.6 Å². The summed E-state index contributed by atoms with van der Waals surface area (Å²) in [6, 6.07) is 0. The summed E-state index contributed by atoms with van der Waals surface area (Å²) in [5, 5.41) is 10.3. The smallest absolute Gasteiger partial charge is 0.234 e. The van der Waals surface area contributed by atoms with Gasteiger partial charge in [-0.2, -0.15) is 0 Å². The molecule has 2 saturated heterocycles. The molecule has 2 heterocycles. The molecule has 0 spiro atoms. The lowest BCUT2D eigenvalue weighted by atomic mass is 9.82. The standard InChI is InChI=1S/C11H19NO3/c1-9(2,3)12-7-11(14)10(4,8(12)13)5-6-15-11/h14H,5-7H2,1-4H3. The van der Waals surface area contributed by atoms with Gasteiger partial charge in [0.2, 0.25) is 5.91 Å². The number of carbonyl (C=O) groups excluding carboxylic acids is 1. The minimum atomic E-state index is -1.28. The topological polar surface area (TPSA) is 49.8 Å². The normalized spacial score (nSPS) is 41.1. The number of fused-ring (bicyclic) bond motifs is 1. The van der Waals surface area contributed by atoms with Crippen LogP contribution in [0, 0.1) is 5.41 Å². The number of rotatable bonds is 0. The largest absolute Gasteiger partial charge is 0.363 e. The van der Waals surface area contributed by atoms with Crippen LogP contribution in [0.15, 0.2) is 0 Å². The van der Waals surface area contributed by atoms with Crippen LogP contribution >= 0.6 is 0 Å². The van der Waals surface area contributed by atoms with E-state index in [0.717, 1.165) is 0 Å². The van der Waals surface area contributed by atoms with E-state index in [-0.39, 0.29) is 18.0 Å². The van der Waals surface area contributed by atoms with Gasteiger partial charge in [-0.15, -0.1) is 0 Å². The summed E-state index contributed by atoms with van der Waals surface area (Å²) in [6.07, 6.45) is 0.606. The van der Waals surface area contributed by atoms with E-state index in [2.05, 4.69) is 0 Å². The highest BCUT2D eigenvalue weighted by Gasteiger charge is 2.65. The molecule has 2 unspecified atom stereocenters. The van der Waals surface area contributed by atoms with Gasteiger partial charge in [0.15, 0.2) is 5.79 Å². The molecular weight excluding hydrogens is 194 g/mol. The van der Waals surface area contributed by atoms with Gasteiger partial charge in [0.05, 0.1) is 13.2 Å². The van der Waals surface area contributed by atoms with Gasteiger partial charge in [-0.3, -0.25) is 4.79 Å². The third-order valence-corrected chi connectivity index (χ3v) is 3.70. The lowest BCUT2D eigenvalue weighted by Crippen LogP contribution is -2.45. The quantitative estimate of drug-likeness (QED) is 0.645. The van der Waals surface area contributed by atoms with Gasteiger partial charge in [-0.05, 0) is 34.1 Å². The van der Waals surface area contributed by atoms with Crippen molar-refractivity contribution in [1.29, 1.82) is 0 Å². The van der Waals surface area contributed by atoms with Crippen molar-refractivity contribution in [2.24, 2.45) is 5.41 Å². The molecule has 4 nitrogen and oxygen atoms in total. The van der Waals surface area contributed by atoms with E-state index in [1.54, 1.807) is 11.8 Å². The molecule has 0 radical (unpaired) electrons. The number of ether oxygens (including phenoxy) is 1. The fraction of sp³-hybridized carbons (Fsp3) is 0.909. The van der Waals surface area contributed by atoms with Crippen LogP contribution in [-0.2, 0) is 9.53 Å². The van der Waals surface area contributed by atoms with Crippen LogP contribution in [-0.4, -0.2) is 40.4 Å². The van der Waals surface area contributed by atoms with Crippen LogP contribution in [0.4, 0.5) is 0 Å². The van der Waals surface area contributed by atoms with Gasteiger partial charge in [-0.1, -0.05) is 0 Å². The van der Waals surface area contributed by atoms with Crippen LogP contribution < -0.4 is 0 Å². The molecule has 4 heteroatoms. The van der Waals surface area contributed by atoms with Crippen molar-refractivity contribution in [2.75, 3.05) is 13.2 Å². The lowest BCUT2D eigenvalue weighted by Gasteiger charge is -2.33. The summed E-state index contributed by atoms with van der Waals surface area (Å²) in [6.45, 7) is 8.46. The summed E-state index contributed by atoms with van der Waals surface area (Å²) in [5.74, 6) is -1.27. The molecule has 2 aliphatic heterocycles. The van der Waals surface area contributed by atoms with Crippen molar-refractivity contribution in [3.05, 3.63) is 0 Å². The Morgan fingerprint density at radius 2 is 2.07 bits per heavy atom. The van der Waals surface area contributed by atoms with Crippen LogP contribution in [0.3, 0.4) is 0 Å². The van der Waals surface area contributed by atoms with E-state index < -0.39 is 11.2 Å². The Bertz CT molecular complexity index is 309. The van der Waals surface area contributed by atoms with Gasteiger partial charge in [0.25, 0.3) is 0 Å². The second kappa shape index (κ2) is 2.74. The Balaban J connectivity index is 2.37. The number of hydrogen-bond donors (Lipinski definition) is 1. The molecule has 15 heavy (non-hydrogen) atoms. The summed E-state index contributed by atoms with van der Waals surface area (Å²) in [4.78, 5) is 14.0. The molecule has 2 rings (SSSR count). The average molecular weight is 213 g/mol. The van der Waals surface area contributed by atoms with Crippen molar-refractivity contribution >= 4 is 5.91 Å². The van der Waals surface area contributed by atoms with Gasteiger partial charge >= 0.3 is 0 Å². The van der Waals surface area contributed by atoms with Crippen LogP contribution in [0.2, 0.25) is 0 Å². The van der Waals surface area contributed by atoms with E-state index in [1.165, 1.54) is 0 Å². The number of amides is 1. The summed E-state index contributed by atoms with van der Waals surface area (Å²) in [7, 11) is 0. The van der Waals surface area contributed by atoms with E-state index in [4.69, 9.17) is 4.74 Å². The minimum Gasteiger partial charge on any atom is -0.363 e. The number of β-amino-alcohol motifs (C(OH)–C–C–N with tert-alkyl or cyclic N) is 1. The Kier molecular flexibility index (Phi) is 1.99. The molecule has 0 aromatic rings. The number of hydrogen-bond acceptors (Lipinski definition) is 3. The summed E-state index contributed by atoms with van der Waals surface area (Å²) >= 11 is 0. The van der Waals surface area contributed by atoms with Crippen molar-refractivity contribution in [3.8, 4) is 0 Å². The fourth-order valence-electron chi connectivity index (χ4n) is 2.40. The summed E-state index contributed by atoms with van der Waals surface area (Å²) < 4.78 is 5.36. The highest BCUT2D eigenvalue weighted by molar-refractivity contribution is 5.87. The van der Waals surface area contributed by atoms with E-state index in [1.807, 2.05) is 20.8 Å². The zero-order chi connectivity index (χ0) is 11.5. The molecule has 0 aliphatic carbocycles. The molecule has 1 N–H and O–H groups in total. The predicted molar refractivity (Wildman–Crippen MR) is 55.1 cm³/mol. The minimum absolute atomic E-state index is 0.00926. The number of nitrogens with zero attached hydrogens (tertiary/aromatic N) is 1. The predicted octanol–water partition coefficient (Wildman–Crippen LogP) is 0.742. The second-order valence-electron chi connectivity index (χ2n) is 5.78. The third-order valence-electron chi connectivity index (χ3n) is 3.70. The molecule has 86 valence electrons. The second-order valence-corrected chi connectivity index (χ2v) is 5.78. The zero-order valence-electron chi connectivity index (χ0n) is 9.83. The van der Waals surface area contributed by atoms with Gasteiger partial charge in [-0.25, -0.2) is 0 Å². The zero-order valence-corrected chi connectivity index (χ0v) is 9.83. The first kappa shape index (κ1) is 10.9. The molecule has 2 fully saturated rings. The molecular formula is C11H19NO3. The molecule has 0 aromatic carbocycles. The third kappa shape index (κ3) is 1.24. The lowest BCUT2D eigenvalue weighted by molar-refractivity contribution is -0.201. The molecule has 0 bridgehead atoms. The monoisotopic (exact) mass is 213 g/mol. The molecule has 2 atom stereocenters.